The van der Waals surface area contributed by atoms with Crippen molar-refractivity contribution in [1.29, 1.82) is 0 Å². The number of benzene rings is 2. The summed E-state index contributed by atoms with van der Waals surface area (Å²) in [5.41, 5.74) is 1.40. The van der Waals surface area contributed by atoms with E-state index < -0.39 is 4.92 Å². The summed E-state index contributed by atoms with van der Waals surface area (Å²) < 4.78 is 5.37. The van der Waals surface area contributed by atoms with Gasteiger partial charge in [-0.2, -0.15) is 4.98 Å². The average Bonchev–Trinajstić information content (AvgIpc) is 3.17. The second kappa shape index (κ2) is 8.36. The number of rotatable bonds is 5. The second-order valence-corrected chi connectivity index (χ2v) is 7.55. The Labute approximate surface area is 176 Å². The maximum atomic E-state index is 11.3. The predicted octanol–water partition coefficient (Wildman–Crippen LogP) is 4.27. The lowest BCUT2D eigenvalue weighted by atomic mass is 10.2. The molecule has 2 heterocycles. The first kappa shape index (κ1) is 19.6. The minimum Gasteiger partial charge on any atom is -0.363 e. The zero-order chi connectivity index (χ0) is 20.4. The number of aromatic nitrogens is 2. The van der Waals surface area contributed by atoms with Gasteiger partial charge in [-0.3, -0.25) is 15.0 Å². The maximum absolute atomic E-state index is 11.3. The number of halogens is 2. The molecular formula is C19H17Cl2N5O3. The van der Waals surface area contributed by atoms with Gasteiger partial charge >= 0.3 is 0 Å². The molecule has 29 heavy (non-hydrogen) atoms. The van der Waals surface area contributed by atoms with Crippen molar-refractivity contribution in [1.82, 2.24) is 15.0 Å². The molecule has 0 amide bonds. The fraction of sp³-hybridized carbons (Fsp3) is 0.263. The lowest BCUT2D eigenvalue weighted by Crippen LogP contribution is -2.46. The molecule has 1 aromatic heterocycles. The van der Waals surface area contributed by atoms with Crippen LogP contribution in [-0.4, -0.2) is 46.1 Å². The molecule has 1 saturated heterocycles. The monoisotopic (exact) mass is 433 g/mol. The van der Waals surface area contributed by atoms with Crippen molar-refractivity contribution in [3.05, 3.63) is 68.5 Å². The molecule has 1 fully saturated rings. The van der Waals surface area contributed by atoms with Crippen molar-refractivity contribution in [3.8, 4) is 11.4 Å². The lowest BCUT2D eigenvalue weighted by molar-refractivity contribution is -0.384. The van der Waals surface area contributed by atoms with Gasteiger partial charge in [0.05, 0.1) is 11.5 Å². The Morgan fingerprint density at radius 3 is 2.55 bits per heavy atom. The molecule has 0 bridgehead atoms. The number of nitro groups is 1. The van der Waals surface area contributed by atoms with Crippen molar-refractivity contribution < 1.29 is 9.45 Å². The molecule has 0 radical (unpaired) electrons. The van der Waals surface area contributed by atoms with Crippen LogP contribution in [0.1, 0.15) is 5.89 Å². The van der Waals surface area contributed by atoms with Gasteiger partial charge in [0, 0.05) is 47.9 Å². The van der Waals surface area contributed by atoms with Crippen molar-refractivity contribution in [2.24, 2.45) is 0 Å². The van der Waals surface area contributed by atoms with Crippen LogP contribution >= 0.6 is 23.2 Å². The summed E-state index contributed by atoms with van der Waals surface area (Å²) in [5.74, 6) is 1.02. The van der Waals surface area contributed by atoms with Crippen LogP contribution < -0.4 is 4.90 Å². The van der Waals surface area contributed by atoms with Crippen molar-refractivity contribution in [3.63, 3.8) is 0 Å². The quantitative estimate of drug-likeness (QED) is 0.438. The van der Waals surface area contributed by atoms with Crippen LogP contribution in [0.2, 0.25) is 10.0 Å². The van der Waals surface area contributed by atoms with E-state index in [4.69, 9.17) is 27.7 Å². The maximum Gasteiger partial charge on any atom is 0.294 e. The van der Waals surface area contributed by atoms with Gasteiger partial charge in [-0.25, -0.2) is 0 Å². The Morgan fingerprint density at radius 2 is 1.83 bits per heavy atom. The highest BCUT2D eigenvalue weighted by molar-refractivity contribution is 6.31. The lowest BCUT2D eigenvalue weighted by Gasteiger charge is -2.35. The first-order valence-electron chi connectivity index (χ1n) is 8.99. The number of hydrogen-bond donors (Lipinski definition) is 0. The van der Waals surface area contributed by atoms with Crippen molar-refractivity contribution in [2.75, 3.05) is 31.1 Å². The highest BCUT2D eigenvalue weighted by Gasteiger charge is 2.25. The van der Waals surface area contributed by atoms with E-state index in [1.165, 1.54) is 6.07 Å². The van der Waals surface area contributed by atoms with Gasteiger partial charge in [-0.05, 0) is 24.3 Å². The highest BCUT2D eigenvalue weighted by Crippen LogP contribution is 2.31. The molecule has 4 rings (SSSR count). The first-order valence-corrected chi connectivity index (χ1v) is 9.75. The highest BCUT2D eigenvalue weighted by atomic mass is 35.5. The van der Waals surface area contributed by atoms with Crippen LogP contribution in [-0.2, 0) is 6.54 Å². The van der Waals surface area contributed by atoms with Crippen molar-refractivity contribution in [2.45, 2.75) is 6.54 Å². The molecule has 3 aromatic rings. The third-order valence-electron chi connectivity index (χ3n) is 4.76. The minimum absolute atomic E-state index is 0.0222. The predicted molar refractivity (Wildman–Crippen MR) is 110 cm³/mol. The zero-order valence-corrected chi connectivity index (χ0v) is 16.8. The van der Waals surface area contributed by atoms with Crippen LogP contribution in [0.5, 0.6) is 0 Å². The Hall–Kier alpha value is -2.68. The van der Waals surface area contributed by atoms with E-state index >= 15 is 0 Å². The number of anilines is 1. The standard InChI is InChI=1S/C19H17Cl2N5O3/c20-14-3-1-2-13(10-14)19-22-18(29-23-19)12-24-6-8-25(9-7-24)16-5-4-15(21)11-17(16)26(27)28/h1-5,10-11H,6-9,12H2. The second-order valence-electron chi connectivity index (χ2n) is 6.68. The van der Waals surface area contributed by atoms with E-state index in [9.17, 15) is 10.1 Å². The van der Waals surface area contributed by atoms with Gasteiger partial charge in [-0.1, -0.05) is 40.5 Å². The average molecular weight is 434 g/mol. The summed E-state index contributed by atoms with van der Waals surface area (Å²) in [6.07, 6.45) is 0. The number of hydrogen-bond acceptors (Lipinski definition) is 7. The van der Waals surface area contributed by atoms with E-state index in [-0.39, 0.29) is 5.69 Å². The Balaban J connectivity index is 1.39. The molecule has 150 valence electrons. The molecule has 1 aliphatic heterocycles. The molecule has 0 saturated carbocycles. The van der Waals surface area contributed by atoms with Crippen LogP contribution in [0.15, 0.2) is 47.0 Å². The fourth-order valence-electron chi connectivity index (χ4n) is 3.31. The molecule has 1 aliphatic rings. The van der Waals surface area contributed by atoms with E-state index in [0.717, 1.165) is 5.56 Å². The van der Waals surface area contributed by atoms with E-state index in [1.54, 1.807) is 24.3 Å². The summed E-state index contributed by atoms with van der Waals surface area (Å²) >= 11 is 11.9. The van der Waals surface area contributed by atoms with Crippen LogP contribution in [0, 0.1) is 10.1 Å². The van der Waals surface area contributed by atoms with Crippen LogP contribution in [0.25, 0.3) is 11.4 Å². The molecule has 0 atom stereocenters. The molecule has 0 N–H and O–H groups in total. The number of nitro benzene ring substituents is 1. The number of piperazine rings is 1. The van der Waals surface area contributed by atoms with Gasteiger partial charge in [0.2, 0.25) is 11.7 Å². The molecule has 0 aliphatic carbocycles. The Bertz CT molecular complexity index is 1030. The third kappa shape index (κ3) is 4.50. The topological polar surface area (TPSA) is 88.5 Å². The van der Waals surface area contributed by atoms with E-state index in [2.05, 4.69) is 15.0 Å². The van der Waals surface area contributed by atoms with Crippen LogP contribution in [0.3, 0.4) is 0 Å². The molecule has 10 heteroatoms. The Kier molecular flexibility index (Phi) is 5.66. The molecule has 8 nitrogen and oxygen atoms in total. The largest absolute Gasteiger partial charge is 0.363 e. The van der Waals surface area contributed by atoms with Crippen molar-refractivity contribution >= 4 is 34.6 Å². The SMILES string of the molecule is O=[N+]([O-])c1cc(Cl)ccc1N1CCN(Cc2nc(-c3cccc(Cl)c3)no2)CC1. The molecular weight excluding hydrogens is 417 g/mol. The number of nitrogens with zero attached hydrogens (tertiary/aromatic N) is 5. The molecule has 2 aromatic carbocycles. The minimum atomic E-state index is -0.399. The summed E-state index contributed by atoms with van der Waals surface area (Å²) in [7, 11) is 0. The van der Waals surface area contributed by atoms with Gasteiger partial charge in [0.1, 0.15) is 5.69 Å². The Morgan fingerprint density at radius 1 is 1.07 bits per heavy atom. The summed E-state index contributed by atoms with van der Waals surface area (Å²) in [5, 5.41) is 16.3. The van der Waals surface area contributed by atoms with Gasteiger partial charge in [0.25, 0.3) is 5.69 Å². The zero-order valence-electron chi connectivity index (χ0n) is 15.3. The smallest absolute Gasteiger partial charge is 0.294 e. The molecule has 0 spiro atoms. The van der Waals surface area contributed by atoms with Crippen LogP contribution in [0.4, 0.5) is 11.4 Å². The fourth-order valence-corrected chi connectivity index (χ4v) is 3.67. The molecule has 0 unspecified atom stereocenters. The van der Waals surface area contributed by atoms with E-state index in [0.29, 0.717) is 60.2 Å². The summed E-state index contributed by atoms with van der Waals surface area (Å²) in [6.45, 7) is 3.25. The van der Waals surface area contributed by atoms with Gasteiger partial charge in [0.15, 0.2) is 0 Å². The normalized spacial score (nSPS) is 14.9. The summed E-state index contributed by atoms with van der Waals surface area (Å²) in [6, 6.07) is 12.0. The third-order valence-corrected chi connectivity index (χ3v) is 5.23. The first-order chi connectivity index (χ1) is 14.0. The van der Waals surface area contributed by atoms with Gasteiger partial charge in [-0.15, -0.1) is 0 Å². The van der Waals surface area contributed by atoms with E-state index in [1.807, 2.05) is 17.0 Å². The summed E-state index contributed by atoms with van der Waals surface area (Å²) in [4.78, 5) is 19.6. The van der Waals surface area contributed by atoms with Gasteiger partial charge < -0.3 is 9.42 Å².